The molecule has 0 saturated heterocycles. The van der Waals surface area contributed by atoms with E-state index in [1.165, 1.54) is 16.7 Å². The molecule has 4 N–H and O–H groups in total. The Morgan fingerprint density at radius 1 is 1.29 bits per heavy atom. The third kappa shape index (κ3) is 6.69. The van der Waals surface area contributed by atoms with Gasteiger partial charge in [0.25, 0.3) is 11.2 Å². The number of unbranched alkanes of at least 4 members (excludes halogenated alkanes) is 1. The number of nitrogens with two attached hydrogens (primary N) is 1. The summed E-state index contributed by atoms with van der Waals surface area (Å²) in [5.74, 6) is 0.0727. The van der Waals surface area contributed by atoms with Crippen LogP contribution in [0.1, 0.15) is 52.0 Å². The fourth-order valence-electron chi connectivity index (χ4n) is 3.58. The lowest BCUT2D eigenvalue weighted by molar-refractivity contribution is -0.385. The lowest BCUT2D eigenvalue weighted by Gasteiger charge is -2.27. The van der Waals surface area contributed by atoms with Crippen molar-refractivity contribution in [3.63, 3.8) is 0 Å². The van der Waals surface area contributed by atoms with Gasteiger partial charge < -0.3 is 16.0 Å². The first-order valence-corrected chi connectivity index (χ1v) is 11.5. The van der Waals surface area contributed by atoms with E-state index >= 15 is 0 Å². The van der Waals surface area contributed by atoms with Crippen LogP contribution in [0.15, 0.2) is 27.8 Å². The van der Waals surface area contributed by atoms with Crippen LogP contribution in [0.5, 0.6) is 0 Å². The summed E-state index contributed by atoms with van der Waals surface area (Å²) in [4.78, 5) is 52.4. The summed E-state index contributed by atoms with van der Waals surface area (Å²) in [7, 11) is 0. The molecule has 0 spiro atoms. The molecular formula is C23H34N6O5. The Labute approximate surface area is 198 Å². The number of nitro benzene ring substituents is 1. The SMILES string of the molecule is CCCCn1c(N)c(N(CCC(=O)Nc2cccc([N+](=O)[O-])c2C)CCC(C)C)c(=O)[nH]c1=O. The molecule has 1 heterocycles. The van der Waals surface area contributed by atoms with Gasteiger partial charge in [0.05, 0.1) is 16.2 Å². The molecule has 0 radical (unpaired) electrons. The number of nitrogens with one attached hydrogen (secondary N) is 2. The number of nitrogens with zero attached hydrogens (tertiary/aromatic N) is 3. The molecule has 0 aliphatic rings. The number of amides is 1. The number of aromatic nitrogens is 2. The summed E-state index contributed by atoms with van der Waals surface area (Å²) in [5.41, 5.74) is 5.94. The fraction of sp³-hybridized carbons (Fsp3) is 0.522. The van der Waals surface area contributed by atoms with E-state index < -0.39 is 16.2 Å². The first kappa shape index (κ1) is 26.6. The molecule has 186 valence electrons. The van der Waals surface area contributed by atoms with E-state index in [0.717, 1.165) is 19.3 Å². The number of hydrogen-bond donors (Lipinski definition) is 3. The van der Waals surface area contributed by atoms with Gasteiger partial charge in [-0.25, -0.2) is 4.79 Å². The number of carbonyl (C=O) groups excluding carboxylic acids is 1. The van der Waals surface area contributed by atoms with Crippen LogP contribution in [0.2, 0.25) is 0 Å². The average Bonchev–Trinajstić information content (AvgIpc) is 2.75. The Kier molecular flexibility index (Phi) is 9.40. The molecule has 2 rings (SSSR count). The van der Waals surface area contributed by atoms with Crippen molar-refractivity contribution in [3.05, 3.63) is 54.7 Å². The van der Waals surface area contributed by atoms with Crippen LogP contribution in [0.4, 0.5) is 22.9 Å². The maximum Gasteiger partial charge on any atom is 0.330 e. The van der Waals surface area contributed by atoms with Gasteiger partial charge in [-0.2, -0.15) is 0 Å². The predicted molar refractivity (Wildman–Crippen MR) is 133 cm³/mol. The predicted octanol–water partition coefficient (Wildman–Crippen LogP) is 3.02. The van der Waals surface area contributed by atoms with Crippen molar-refractivity contribution in [2.75, 3.05) is 29.0 Å². The van der Waals surface area contributed by atoms with Gasteiger partial charge in [-0.15, -0.1) is 0 Å². The highest BCUT2D eigenvalue weighted by Crippen LogP contribution is 2.25. The standard InChI is InChI=1S/C23H34N6O5/c1-5-6-12-28-21(24)20(22(31)26-23(28)32)27(13-10-15(2)3)14-11-19(30)25-17-8-7-9-18(16(17)4)29(33)34/h7-9,15H,5-6,10-14,24H2,1-4H3,(H,25,30)(H,26,31,32). The second kappa shape index (κ2) is 12.0. The molecular weight excluding hydrogens is 440 g/mol. The van der Waals surface area contributed by atoms with E-state index in [1.807, 2.05) is 20.8 Å². The van der Waals surface area contributed by atoms with Crippen molar-refractivity contribution in [1.82, 2.24) is 9.55 Å². The van der Waals surface area contributed by atoms with E-state index in [-0.39, 0.29) is 36.1 Å². The normalized spacial score (nSPS) is 11.0. The number of nitrogen functional groups attached to an aromatic ring is 1. The molecule has 11 nitrogen and oxygen atoms in total. The van der Waals surface area contributed by atoms with Crippen molar-refractivity contribution in [3.8, 4) is 0 Å². The minimum absolute atomic E-state index is 0.0210. The van der Waals surface area contributed by atoms with Gasteiger partial charge in [0.15, 0.2) is 0 Å². The van der Waals surface area contributed by atoms with Gasteiger partial charge in [0.1, 0.15) is 11.5 Å². The van der Waals surface area contributed by atoms with Crippen LogP contribution >= 0.6 is 0 Å². The number of hydrogen-bond acceptors (Lipinski definition) is 7. The summed E-state index contributed by atoms with van der Waals surface area (Å²) >= 11 is 0. The maximum absolute atomic E-state index is 12.7. The molecule has 0 atom stereocenters. The number of carbonyl (C=O) groups is 1. The Morgan fingerprint density at radius 3 is 2.62 bits per heavy atom. The summed E-state index contributed by atoms with van der Waals surface area (Å²) in [6, 6.07) is 4.49. The maximum atomic E-state index is 12.7. The van der Waals surface area contributed by atoms with Crippen molar-refractivity contribution < 1.29 is 9.72 Å². The Morgan fingerprint density at radius 2 is 2.00 bits per heavy atom. The average molecular weight is 475 g/mol. The first-order valence-electron chi connectivity index (χ1n) is 11.5. The minimum atomic E-state index is -0.589. The lowest BCUT2D eigenvalue weighted by atomic mass is 10.1. The number of anilines is 3. The van der Waals surface area contributed by atoms with E-state index in [4.69, 9.17) is 5.73 Å². The van der Waals surface area contributed by atoms with Crippen LogP contribution < -0.4 is 27.2 Å². The number of benzene rings is 1. The molecule has 11 heteroatoms. The molecule has 1 aromatic carbocycles. The summed E-state index contributed by atoms with van der Waals surface area (Å²) in [6.07, 6.45) is 2.35. The smallest absolute Gasteiger partial charge is 0.330 e. The van der Waals surface area contributed by atoms with Crippen LogP contribution in [0.3, 0.4) is 0 Å². The van der Waals surface area contributed by atoms with Crippen molar-refractivity contribution in [2.24, 2.45) is 5.92 Å². The zero-order valence-corrected chi connectivity index (χ0v) is 20.2. The zero-order chi connectivity index (χ0) is 25.4. The molecule has 34 heavy (non-hydrogen) atoms. The molecule has 0 fully saturated rings. The monoisotopic (exact) mass is 474 g/mol. The molecule has 0 bridgehead atoms. The first-order chi connectivity index (χ1) is 16.1. The van der Waals surface area contributed by atoms with E-state index in [9.17, 15) is 24.5 Å². The third-order valence-electron chi connectivity index (χ3n) is 5.63. The van der Waals surface area contributed by atoms with Crippen LogP contribution in [0.25, 0.3) is 0 Å². The summed E-state index contributed by atoms with van der Waals surface area (Å²) in [6.45, 7) is 8.70. The van der Waals surface area contributed by atoms with E-state index in [0.29, 0.717) is 30.3 Å². The van der Waals surface area contributed by atoms with Gasteiger partial charge >= 0.3 is 5.69 Å². The van der Waals surface area contributed by atoms with E-state index in [2.05, 4.69) is 10.3 Å². The Hall–Kier alpha value is -3.63. The lowest BCUT2D eigenvalue weighted by Crippen LogP contribution is -2.40. The third-order valence-corrected chi connectivity index (χ3v) is 5.63. The highest BCUT2D eigenvalue weighted by molar-refractivity contribution is 5.92. The highest BCUT2D eigenvalue weighted by Gasteiger charge is 2.21. The largest absolute Gasteiger partial charge is 0.383 e. The molecule has 0 saturated carbocycles. The van der Waals surface area contributed by atoms with Gasteiger partial charge in [0, 0.05) is 32.1 Å². The van der Waals surface area contributed by atoms with Crippen LogP contribution in [-0.2, 0) is 11.3 Å². The van der Waals surface area contributed by atoms with Crippen LogP contribution in [0, 0.1) is 23.0 Å². The summed E-state index contributed by atoms with van der Waals surface area (Å²) < 4.78 is 1.36. The van der Waals surface area contributed by atoms with Gasteiger partial charge in [-0.3, -0.25) is 29.3 Å². The van der Waals surface area contributed by atoms with Crippen molar-refractivity contribution >= 4 is 28.8 Å². The zero-order valence-electron chi connectivity index (χ0n) is 20.2. The second-order valence-corrected chi connectivity index (χ2v) is 8.67. The Bertz CT molecular complexity index is 1140. The Balaban J connectivity index is 2.28. The summed E-state index contributed by atoms with van der Waals surface area (Å²) in [5, 5.41) is 13.9. The number of rotatable bonds is 12. The second-order valence-electron chi connectivity index (χ2n) is 8.67. The molecule has 0 unspecified atom stereocenters. The minimum Gasteiger partial charge on any atom is -0.383 e. The van der Waals surface area contributed by atoms with Crippen LogP contribution in [-0.4, -0.2) is 33.5 Å². The number of nitro groups is 1. The topological polar surface area (TPSA) is 156 Å². The van der Waals surface area contributed by atoms with Gasteiger partial charge in [-0.05, 0) is 31.7 Å². The van der Waals surface area contributed by atoms with E-state index in [1.54, 1.807) is 17.9 Å². The number of H-pyrrole nitrogens is 1. The molecule has 0 aliphatic carbocycles. The molecule has 2 aromatic rings. The molecule has 0 aliphatic heterocycles. The highest BCUT2D eigenvalue weighted by atomic mass is 16.6. The molecule has 1 aromatic heterocycles. The molecule has 1 amide bonds. The quantitative estimate of drug-likeness (QED) is 0.315. The van der Waals surface area contributed by atoms with Crippen molar-refractivity contribution in [2.45, 2.75) is 59.9 Å². The van der Waals surface area contributed by atoms with Gasteiger partial charge in [-0.1, -0.05) is 33.3 Å². The number of aromatic amines is 1. The van der Waals surface area contributed by atoms with Gasteiger partial charge in [0.2, 0.25) is 5.91 Å². The fourth-order valence-corrected chi connectivity index (χ4v) is 3.58. The van der Waals surface area contributed by atoms with Crippen molar-refractivity contribution in [1.29, 1.82) is 0 Å².